The van der Waals surface area contributed by atoms with Gasteiger partial charge in [-0.15, -0.1) is 0 Å². The monoisotopic (exact) mass is 388 g/mol. The first-order valence-corrected chi connectivity index (χ1v) is 10.4. The van der Waals surface area contributed by atoms with E-state index in [1.165, 1.54) is 12.3 Å². The second-order valence-electron chi connectivity index (χ2n) is 8.06. The molecule has 1 aliphatic carbocycles. The van der Waals surface area contributed by atoms with E-state index in [-0.39, 0.29) is 11.6 Å². The van der Waals surface area contributed by atoms with E-state index in [0.717, 1.165) is 48.0 Å². The van der Waals surface area contributed by atoms with Crippen LogP contribution in [-0.4, -0.2) is 44.7 Å². The third-order valence-electron chi connectivity index (χ3n) is 5.88. The molecule has 1 aromatic heterocycles. The van der Waals surface area contributed by atoms with Gasteiger partial charge in [0.05, 0.1) is 22.7 Å². The predicted molar refractivity (Wildman–Crippen MR) is 104 cm³/mol. The van der Waals surface area contributed by atoms with Gasteiger partial charge in [-0.1, -0.05) is 17.8 Å². The summed E-state index contributed by atoms with van der Waals surface area (Å²) in [6.07, 6.45) is 3.71. The number of halogens is 1. The fourth-order valence-corrected chi connectivity index (χ4v) is 5.45. The Bertz CT molecular complexity index is 800. The number of nitrogens with zero attached hydrogens (tertiary/aromatic N) is 2. The number of likely N-dealkylation sites (tertiary alicyclic amines) is 1. The van der Waals surface area contributed by atoms with E-state index in [0.29, 0.717) is 18.3 Å². The molecule has 2 aliphatic rings. The van der Waals surface area contributed by atoms with Crippen LogP contribution in [0.3, 0.4) is 0 Å². The van der Waals surface area contributed by atoms with Crippen molar-refractivity contribution in [1.29, 1.82) is 0 Å². The number of aryl methyl sites for hydroxylation is 1. The van der Waals surface area contributed by atoms with Gasteiger partial charge in [0.15, 0.2) is 0 Å². The summed E-state index contributed by atoms with van der Waals surface area (Å²) < 4.78 is 13.3. The first-order valence-electron chi connectivity index (χ1n) is 9.38. The van der Waals surface area contributed by atoms with Gasteiger partial charge in [-0.3, -0.25) is 4.90 Å². The number of aromatic hydroxyl groups is 1. The highest BCUT2D eigenvalue weighted by atomic mass is 32.2. The van der Waals surface area contributed by atoms with E-state index in [1.807, 2.05) is 19.1 Å². The van der Waals surface area contributed by atoms with E-state index >= 15 is 0 Å². The number of fused-ring (bicyclic) bond motifs is 1. The van der Waals surface area contributed by atoms with Crippen molar-refractivity contribution in [1.82, 2.24) is 9.88 Å². The summed E-state index contributed by atoms with van der Waals surface area (Å²) in [5, 5.41) is 21.3. The molecule has 0 spiro atoms. The van der Waals surface area contributed by atoms with Gasteiger partial charge in [0.25, 0.3) is 0 Å². The first-order chi connectivity index (χ1) is 12.9. The van der Waals surface area contributed by atoms with Crippen molar-refractivity contribution in [3.05, 3.63) is 53.5 Å². The molecule has 1 saturated carbocycles. The van der Waals surface area contributed by atoms with Crippen molar-refractivity contribution in [2.45, 2.75) is 36.8 Å². The van der Waals surface area contributed by atoms with Gasteiger partial charge in [0.2, 0.25) is 0 Å². The van der Waals surface area contributed by atoms with Gasteiger partial charge in [0.1, 0.15) is 11.6 Å². The number of thioether (sulfide) groups is 1. The normalized spacial score (nSPS) is 27.8. The molecule has 2 heterocycles. The van der Waals surface area contributed by atoms with Crippen molar-refractivity contribution in [2.75, 3.05) is 19.0 Å². The fraction of sp³-hybridized carbons (Fsp3) is 0.476. The van der Waals surface area contributed by atoms with Crippen LogP contribution in [-0.2, 0) is 6.42 Å². The average molecular weight is 389 g/mol. The van der Waals surface area contributed by atoms with Crippen LogP contribution < -0.4 is 0 Å². The molecule has 1 aromatic carbocycles. The lowest BCUT2D eigenvalue weighted by atomic mass is 9.89. The molecule has 4 rings (SSSR count). The molecular weight excluding hydrogens is 363 g/mol. The van der Waals surface area contributed by atoms with E-state index in [2.05, 4.69) is 9.88 Å². The minimum Gasteiger partial charge on any atom is -0.506 e. The third kappa shape index (κ3) is 4.28. The summed E-state index contributed by atoms with van der Waals surface area (Å²) >= 11 is 1.68. The van der Waals surface area contributed by atoms with E-state index in [1.54, 1.807) is 23.9 Å². The molecular formula is C21H25FN2O2S. The van der Waals surface area contributed by atoms with Crippen LogP contribution in [0.15, 0.2) is 41.6 Å². The molecule has 0 amide bonds. The van der Waals surface area contributed by atoms with Crippen molar-refractivity contribution in [2.24, 2.45) is 11.8 Å². The lowest BCUT2D eigenvalue weighted by Gasteiger charge is -2.26. The second kappa shape index (κ2) is 7.41. The van der Waals surface area contributed by atoms with Gasteiger partial charge >= 0.3 is 0 Å². The zero-order valence-corrected chi connectivity index (χ0v) is 16.3. The lowest BCUT2D eigenvalue weighted by Crippen LogP contribution is -2.32. The van der Waals surface area contributed by atoms with Crippen LogP contribution in [0, 0.1) is 24.6 Å². The second-order valence-corrected chi connectivity index (χ2v) is 9.03. The summed E-state index contributed by atoms with van der Waals surface area (Å²) in [4.78, 5) is 6.64. The molecule has 4 nitrogen and oxygen atoms in total. The molecule has 27 heavy (non-hydrogen) atoms. The summed E-state index contributed by atoms with van der Waals surface area (Å²) in [6.45, 7) is 3.91. The largest absolute Gasteiger partial charge is 0.506 e. The quantitative estimate of drug-likeness (QED) is 0.767. The van der Waals surface area contributed by atoms with E-state index in [9.17, 15) is 14.6 Å². The number of benzene rings is 1. The van der Waals surface area contributed by atoms with Gasteiger partial charge in [-0.25, -0.2) is 9.37 Å². The van der Waals surface area contributed by atoms with Crippen molar-refractivity contribution >= 4 is 11.8 Å². The minimum atomic E-state index is -0.671. The zero-order valence-electron chi connectivity index (χ0n) is 15.4. The molecule has 3 atom stereocenters. The van der Waals surface area contributed by atoms with Crippen molar-refractivity contribution < 1.29 is 14.6 Å². The summed E-state index contributed by atoms with van der Waals surface area (Å²) in [7, 11) is 0. The topological polar surface area (TPSA) is 56.6 Å². The average Bonchev–Trinajstić information content (AvgIpc) is 3.11. The van der Waals surface area contributed by atoms with Crippen LogP contribution >= 0.6 is 11.8 Å². The summed E-state index contributed by atoms with van der Waals surface area (Å²) in [6, 6.07) is 8.33. The summed E-state index contributed by atoms with van der Waals surface area (Å²) in [5.74, 6) is 1.88. The number of rotatable bonds is 5. The molecule has 6 heteroatoms. The number of hydrogen-bond donors (Lipinski definition) is 2. The van der Waals surface area contributed by atoms with Gasteiger partial charge in [0, 0.05) is 19.5 Å². The SMILES string of the molecule is Cc1cc(F)ccc1CC1(O)C[C@H]2CN(CSc3ccc(O)cn3)C[C@H]2C1. The summed E-state index contributed by atoms with van der Waals surface area (Å²) in [5.41, 5.74) is 1.29. The molecule has 1 unspecified atom stereocenters. The number of hydrogen-bond acceptors (Lipinski definition) is 5. The third-order valence-corrected chi connectivity index (χ3v) is 6.91. The highest BCUT2D eigenvalue weighted by Gasteiger charge is 2.48. The predicted octanol–water partition coefficient (Wildman–Crippen LogP) is 3.60. The molecule has 1 saturated heterocycles. The Morgan fingerprint density at radius 3 is 2.59 bits per heavy atom. The maximum atomic E-state index is 13.3. The standard InChI is InChI=1S/C21H25FN2O2S/c1-14-6-18(22)3-2-15(14)7-21(26)8-16-11-24(12-17(16)9-21)13-27-20-5-4-19(25)10-23-20/h2-6,10,16-17,25-26H,7-9,11-13H2,1H3/t16-,17+,21?. The van der Waals surface area contributed by atoms with E-state index < -0.39 is 5.60 Å². The molecule has 2 fully saturated rings. The Morgan fingerprint density at radius 2 is 1.96 bits per heavy atom. The Kier molecular flexibility index (Phi) is 5.14. The van der Waals surface area contributed by atoms with Gasteiger partial charge < -0.3 is 10.2 Å². The first kappa shape index (κ1) is 18.7. The smallest absolute Gasteiger partial charge is 0.133 e. The van der Waals surface area contributed by atoms with Crippen LogP contribution in [0.25, 0.3) is 0 Å². The Labute approximate surface area is 163 Å². The Morgan fingerprint density at radius 1 is 1.22 bits per heavy atom. The zero-order chi connectivity index (χ0) is 19.0. The van der Waals surface area contributed by atoms with E-state index in [4.69, 9.17) is 0 Å². The maximum Gasteiger partial charge on any atom is 0.133 e. The number of pyridine rings is 1. The highest BCUT2D eigenvalue weighted by molar-refractivity contribution is 7.99. The van der Waals surface area contributed by atoms with Gasteiger partial charge in [-0.05, 0) is 67.0 Å². The molecule has 0 radical (unpaired) electrons. The fourth-order valence-electron chi connectivity index (χ4n) is 4.64. The Hall–Kier alpha value is -1.63. The van der Waals surface area contributed by atoms with Crippen LogP contribution in [0.4, 0.5) is 4.39 Å². The Balaban J connectivity index is 1.31. The molecule has 1 aliphatic heterocycles. The molecule has 144 valence electrons. The molecule has 2 aromatic rings. The number of aromatic nitrogens is 1. The molecule has 2 N–H and O–H groups in total. The van der Waals surface area contributed by atoms with Crippen molar-refractivity contribution in [3.8, 4) is 5.75 Å². The molecule has 0 bridgehead atoms. The van der Waals surface area contributed by atoms with Crippen LogP contribution in [0.2, 0.25) is 0 Å². The maximum absolute atomic E-state index is 13.3. The van der Waals surface area contributed by atoms with Crippen LogP contribution in [0.5, 0.6) is 5.75 Å². The minimum absolute atomic E-state index is 0.186. The van der Waals surface area contributed by atoms with Gasteiger partial charge in [-0.2, -0.15) is 0 Å². The van der Waals surface area contributed by atoms with Crippen molar-refractivity contribution in [3.63, 3.8) is 0 Å². The lowest BCUT2D eigenvalue weighted by molar-refractivity contribution is 0.0361. The highest BCUT2D eigenvalue weighted by Crippen LogP contribution is 2.46. The van der Waals surface area contributed by atoms with Crippen LogP contribution in [0.1, 0.15) is 24.0 Å². The number of aliphatic hydroxyl groups is 1.